The van der Waals surface area contributed by atoms with Gasteiger partial charge >= 0.3 is 12.2 Å². The van der Waals surface area contributed by atoms with Crippen LogP contribution in [0, 0.1) is 11.3 Å². The molecule has 1 aromatic carbocycles. The van der Waals surface area contributed by atoms with Gasteiger partial charge in [0.15, 0.2) is 0 Å². The zero-order chi connectivity index (χ0) is 28.9. The highest BCUT2D eigenvalue weighted by atomic mass is 35.5. The standard InChI is InChI=1S/C27H42ClN3O7/c1-17(2)21(30-23(34)29-15-26(6,7)38-24(35)37-14-18(3)32)22(33)31-13-12-27(36,25(4,5)16-31)19-8-10-20(28)11-9-19/h8-11,17-18,21,32,36H,12-16H2,1-7H3,(H2,29,30,34). The Morgan fingerprint density at radius 3 is 2.29 bits per heavy atom. The molecule has 0 radical (unpaired) electrons. The van der Waals surface area contributed by atoms with E-state index in [1.165, 1.54) is 6.92 Å². The summed E-state index contributed by atoms with van der Waals surface area (Å²) in [6.07, 6.45) is -1.45. The van der Waals surface area contributed by atoms with Gasteiger partial charge in [0.2, 0.25) is 5.91 Å². The van der Waals surface area contributed by atoms with Crippen molar-refractivity contribution in [2.24, 2.45) is 11.3 Å². The average molecular weight is 556 g/mol. The lowest BCUT2D eigenvalue weighted by Gasteiger charge is -2.51. The normalized spacial score (nSPS) is 20.9. The minimum absolute atomic E-state index is 0.0352. The third-order valence-electron chi connectivity index (χ3n) is 6.78. The van der Waals surface area contributed by atoms with Crippen LogP contribution < -0.4 is 10.6 Å². The summed E-state index contributed by atoms with van der Waals surface area (Å²) in [5.41, 5.74) is -2.15. The number of halogens is 1. The molecule has 38 heavy (non-hydrogen) atoms. The predicted molar refractivity (Wildman–Crippen MR) is 144 cm³/mol. The molecule has 1 aromatic rings. The van der Waals surface area contributed by atoms with Gasteiger partial charge in [-0.05, 0) is 50.8 Å². The fourth-order valence-corrected chi connectivity index (χ4v) is 4.57. The summed E-state index contributed by atoms with van der Waals surface area (Å²) in [7, 11) is 0. The quantitative estimate of drug-likeness (QED) is 0.342. The van der Waals surface area contributed by atoms with Crippen LogP contribution in [0.2, 0.25) is 5.02 Å². The van der Waals surface area contributed by atoms with Gasteiger partial charge in [-0.3, -0.25) is 4.79 Å². The number of hydrogen-bond acceptors (Lipinski definition) is 7. The Morgan fingerprint density at radius 1 is 1.16 bits per heavy atom. The number of benzene rings is 1. The van der Waals surface area contributed by atoms with E-state index in [9.17, 15) is 24.6 Å². The molecule has 1 fully saturated rings. The molecule has 0 aromatic heterocycles. The maximum atomic E-state index is 13.5. The second kappa shape index (κ2) is 12.5. The molecule has 10 nitrogen and oxygen atoms in total. The monoisotopic (exact) mass is 555 g/mol. The first kappa shape index (κ1) is 31.7. The molecule has 11 heteroatoms. The minimum Gasteiger partial charge on any atom is -0.432 e. The SMILES string of the molecule is CC(O)COC(=O)OC(C)(C)CNC(=O)NC(C(=O)N1CCC(O)(c2ccc(Cl)cc2)C(C)(C)C1)C(C)C. The van der Waals surface area contributed by atoms with Crippen LogP contribution in [0.15, 0.2) is 24.3 Å². The van der Waals surface area contributed by atoms with Gasteiger partial charge in [0.05, 0.1) is 18.2 Å². The number of urea groups is 1. The number of rotatable bonds is 9. The maximum Gasteiger partial charge on any atom is 0.508 e. The lowest BCUT2D eigenvalue weighted by atomic mass is 9.66. The van der Waals surface area contributed by atoms with E-state index in [1.807, 2.05) is 39.8 Å². The number of ether oxygens (including phenoxy) is 2. The third kappa shape index (κ3) is 8.22. The molecule has 0 bridgehead atoms. The summed E-state index contributed by atoms with van der Waals surface area (Å²) >= 11 is 6.02. The molecular formula is C27H42ClN3O7. The topological polar surface area (TPSA) is 137 Å². The van der Waals surface area contributed by atoms with Crippen molar-refractivity contribution in [1.82, 2.24) is 15.5 Å². The van der Waals surface area contributed by atoms with Crippen molar-refractivity contribution in [2.45, 2.75) is 78.2 Å². The van der Waals surface area contributed by atoms with E-state index >= 15 is 0 Å². The molecule has 1 aliphatic heterocycles. The van der Waals surface area contributed by atoms with E-state index in [-0.39, 0.29) is 25.0 Å². The van der Waals surface area contributed by atoms with Crippen LogP contribution in [0.4, 0.5) is 9.59 Å². The number of amides is 3. The van der Waals surface area contributed by atoms with Crippen LogP contribution in [0.1, 0.15) is 60.5 Å². The summed E-state index contributed by atoms with van der Waals surface area (Å²) < 4.78 is 9.99. The van der Waals surface area contributed by atoms with Crippen LogP contribution in [0.5, 0.6) is 0 Å². The van der Waals surface area contributed by atoms with Gasteiger partial charge < -0.3 is 35.2 Å². The first-order chi connectivity index (χ1) is 17.5. The Kier molecular flexibility index (Phi) is 10.4. The van der Waals surface area contributed by atoms with Gasteiger partial charge in [0.1, 0.15) is 18.2 Å². The van der Waals surface area contributed by atoms with Crippen LogP contribution in [0.25, 0.3) is 0 Å². The predicted octanol–water partition coefficient (Wildman–Crippen LogP) is 3.42. The van der Waals surface area contributed by atoms with Crippen molar-refractivity contribution >= 4 is 29.7 Å². The molecule has 3 unspecified atom stereocenters. The van der Waals surface area contributed by atoms with E-state index < -0.39 is 40.9 Å². The van der Waals surface area contributed by atoms with Crippen LogP contribution in [-0.4, -0.2) is 77.2 Å². The number of piperidine rings is 1. The van der Waals surface area contributed by atoms with Crippen molar-refractivity contribution in [3.05, 3.63) is 34.9 Å². The van der Waals surface area contributed by atoms with Gasteiger partial charge in [0.25, 0.3) is 0 Å². The number of nitrogens with zero attached hydrogens (tertiary/aromatic N) is 1. The van der Waals surface area contributed by atoms with Crippen molar-refractivity contribution in [2.75, 3.05) is 26.2 Å². The van der Waals surface area contributed by atoms with Gasteiger partial charge in [-0.15, -0.1) is 0 Å². The summed E-state index contributed by atoms with van der Waals surface area (Å²) in [6, 6.07) is 5.72. The first-order valence-electron chi connectivity index (χ1n) is 12.8. The van der Waals surface area contributed by atoms with E-state index in [2.05, 4.69) is 10.6 Å². The smallest absolute Gasteiger partial charge is 0.432 e. The minimum atomic E-state index is -1.14. The highest BCUT2D eigenvalue weighted by molar-refractivity contribution is 6.30. The molecule has 0 spiro atoms. The van der Waals surface area contributed by atoms with Gasteiger partial charge in [-0.2, -0.15) is 0 Å². The number of likely N-dealkylation sites (tertiary alicyclic amines) is 1. The molecular weight excluding hydrogens is 514 g/mol. The molecule has 4 N–H and O–H groups in total. The molecule has 214 valence electrons. The molecule has 0 saturated carbocycles. The molecule has 1 aliphatic rings. The fourth-order valence-electron chi connectivity index (χ4n) is 4.45. The van der Waals surface area contributed by atoms with Gasteiger partial charge in [-0.25, -0.2) is 9.59 Å². The maximum absolute atomic E-state index is 13.5. The summed E-state index contributed by atoms with van der Waals surface area (Å²) in [4.78, 5) is 39.7. The van der Waals surface area contributed by atoms with Crippen molar-refractivity contribution in [3.63, 3.8) is 0 Å². The lowest BCUT2D eigenvalue weighted by Crippen LogP contribution is -2.61. The average Bonchev–Trinajstić information content (AvgIpc) is 2.81. The van der Waals surface area contributed by atoms with E-state index in [0.29, 0.717) is 24.5 Å². The highest BCUT2D eigenvalue weighted by Crippen LogP contribution is 2.46. The van der Waals surface area contributed by atoms with Crippen LogP contribution >= 0.6 is 11.6 Å². The Labute approximate surface area is 230 Å². The summed E-state index contributed by atoms with van der Waals surface area (Å²) in [6.45, 7) is 12.6. The van der Waals surface area contributed by atoms with Crippen molar-refractivity contribution < 1.29 is 34.1 Å². The molecule has 2 rings (SSSR count). The number of carbonyl (C=O) groups is 3. The molecule has 1 heterocycles. The van der Waals surface area contributed by atoms with Gasteiger partial charge in [0, 0.05) is 23.5 Å². The molecule has 3 atom stereocenters. The second-order valence-corrected chi connectivity index (χ2v) is 12.0. The van der Waals surface area contributed by atoms with Crippen LogP contribution in [0.3, 0.4) is 0 Å². The van der Waals surface area contributed by atoms with Gasteiger partial charge in [-0.1, -0.05) is 51.4 Å². The molecule has 3 amide bonds. The summed E-state index contributed by atoms with van der Waals surface area (Å²) in [5.74, 6) is -0.438. The van der Waals surface area contributed by atoms with Crippen molar-refractivity contribution in [3.8, 4) is 0 Å². The summed E-state index contributed by atoms with van der Waals surface area (Å²) in [5, 5.41) is 26.8. The second-order valence-electron chi connectivity index (χ2n) is 11.6. The highest BCUT2D eigenvalue weighted by Gasteiger charge is 2.50. The number of nitrogens with one attached hydrogen (secondary N) is 2. The Morgan fingerprint density at radius 2 is 1.76 bits per heavy atom. The first-order valence-corrected chi connectivity index (χ1v) is 13.2. The van der Waals surface area contributed by atoms with Crippen molar-refractivity contribution in [1.29, 1.82) is 0 Å². The van der Waals surface area contributed by atoms with E-state index in [0.717, 1.165) is 5.56 Å². The molecule has 0 aliphatic carbocycles. The lowest BCUT2D eigenvalue weighted by molar-refractivity contribution is -0.155. The Hall–Kier alpha value is -2.56. The van der Waals surface area contributed by atoms with E-state index in [1.54, 1.807) is 30.9 Å². The number of aliphatic hydroxyl groups is 2. The fraction of sp³-hybridized carbons (Fsp3) is 0.667. The van der Waals surface area contributed by atoms with E-state index in [4.69, 9.17) is 21.1 Å². The number of carbonyl (C=O) groups excluding carboxylic acids is 3. The zero-order valence-corrected chi connectivity index (χ0v) is 24.1. The molecule has 1 saturated heterocycles. The Balaban J connectivity index is 2.00. The zero-order valence-electron chi connectivity index (χ0n) is 23.3. The number of hydrogen-bond donors (Lipinski definition) is 4. The third-order valence-corrected chi connectivity index (χ3v) is 7.03. The largest absolute Gasteiger partial charge is 0.508 e. The Bertz CT molecular complexity index is 981. The van der Waals surface area contributed by atoms with Crippen LogP contribution in [-0.2, 0) is 19.9 Å². The number of aliphatic hydroxyl groups excluding tert-OH is 1.